The SMILES string of the molecule is CC(C)(C)OC(=O)N1CCCC(C(=O)NNC(=O)C2CC[C@H]3CN2C(=O)N3OCC(=O)O)C1. The Bertz CT molecular complexity index is 813. The van der Waals surface area contributed by atoms with Gasteiger partial charge in [0.05, 0.1) is 12.0 Å². The van der Waals surface area contributed by atoms with E-state index in [4.69, 9.17) is 14.7 Å². The van der Waals surface area contributed by atoms with Crippen LogP contribution in [-0.4, -0.2) is 93.8 Å². The third kappa shape index (κ3) is 6.03. The van der Waals surface area contributed by atoms with E-state index in [9.17, 15) is 24.0 Å². The van der Waals surface area contributed by atoms with Crippen molar-refractivity contribution in [2.75, 3.05) is 26.2 Å². The van der Waals surface area contributed by atoms with Crippen LogP contribution in [0.1, 0.15) is 46.5 Å². The summed E-state index contributed by atoms with van der Waals surface area (Å²) in [5.41, 5.74) is 4.15. The first-order chi connectivity index (χ1) is 15.5. The largest absolute Gasteiger partial charge is 0.479 e. The van der Waals surface area contributed by atoms with E-state index in [-0.39, 0.29) is 19.1 Å². The summed E-state index contributed by atoms with van der Waals surface area (Å²) in [6, 6.07) is -1.71. The van der Waals surface area contributed by atoms with Crippen molar-refractivity contribution in [3.8, 4) is 0 Å². The van der Waals surface area contributed by atoms with Gasteiger partial charge in [0.25, 0.3) is 5.91 Å². The van der Waals surface area contributed by atoms with Crippen molar-refractivity contribution in [2.45, 2.75) is 64.1 Å². The molecule has 3 fully saturated rings. The summed E-state index contributed by atoms with van der Waals surface area (Å²) >= 11 is 0. The van der Waals surface area contributed by atoms with E-state index in [1.165, 1.54) is 9.80 Å². The number of hydrogen-bond donors (Lipinski definition) is 3. The normalized spacial score (nSPS) is 25.0. The highest BCUT2D eigenvalue weighted by Gasteiger charge is 2.48. The number of amides is 5. The van der Waals surface area contributed by atoms with Gasteiger partial charge in [0.2, 0.25) is 5.91 Å². The molecule has 0 saturated carbocycles. The average Bonchev–Trinajstić information content (AvgIpc) is 2.98. The lowest BCUT2D eigenvalue weighted by molar-refractivity contribution is -0.167. The molecule has 13 heteroatoms. The first kappa shape index (κ1) is 24.6. The highest BCUT2D eigenvalue weighted by atomic mass is 16.7. The summed E-state index contributed by atoms with van der Waals surface area (Å²) in [6.07, 6.45) is 1.52. The van der Waals surface area contributed by atoms with Crippen LogP contribution < -0.4 is 10.9 Å². The Morgan fingerprint density at radius 3 is 2.42 bits per heavy atom. The van der Waals surface area contributed by atoms with Gasteiger partial charge in [-0.1, -0.05) is 0 Å². The number of hydroxylamine groups is 2. The molecular weight excluding hydrogens is 438 g/mol. The number of hydrogen-bond acceptors (Lipinski definition) is 7. The second-order valence-corrected chi connectivity index (χ2v) is 9.42. The van der Waals surface area contributed by atoms with Crippen LogP contribution in [0.3, 0.4) is 0 Å². The molecule has 13 nitrogen and oxygen atoms in total. The van der Waals surface area contributed by atoms with Crippen molar-refractivity contribution >= 4 is 29.9 Å². The second-order valence-electron chi connectivity index (χ2n) is 9.42. The Hall–Kier alpha value is -3.09. The lowest BCUT2D eigenvalue weighted by Gasteiger charge is -2.33. The summed E-state index contributed by atoms with van der Waals surface area (Å²) in [5, 5.41) is 9.76. The first-order valence-corrected chi connectivity index (χ1v) is 11.0. The van der Waals surface area contributed by atoms with E-state index in [1.807, 2.05) is 0 Å². The molecule has 2 bridgehead atoms. The van der Waals surface area contributed by atoms with Crippen LogP contribution in [0.2, 0.25) is 0 Å². The number of rotatable bonds is 5. The van der Waals surface area contributed by atoms with Crippen molar-refractivity contribution in [3.63, 3.8) is 0 Å². The highest BCUT2D eigenvalue weighted by Crippen LogP contribution is 2.30. The van der Waals surface area contributed by atoms with E-state index in [0.717, 1.165) is 5.06 Å². The number of piperidine rings is 2. The topological polar surface area (TPSA) is 158 Å². The van der Waals surface area contributed by atoms with Gasteiger partial charge in [-0.05, 0) is 46.5 Å². The van der Waals surface area contributed by atoms with Crippen molar-refractivity contribution < 1.29 is 38.7 Å². The van der Waals surface area contributed by atoms with Crippen molar-refractivity contribution in [3.05, 3.63) is 0 Å². The molecule has 3 rings (SSSR count). The van der Waals surface area contributed by atoms with Crippen LogP contribution in [-0.2, 0) is 24.0 Å². The fraction of sp³-hybridized carbons (Fsp3) is 0.750. The molecule has 5 amide bonds. The van der Waals surface area contributed by atoms with Gasteiger partial charge in [0.15, 0.2) is 6.61 Å². The predicted molar refractivity (Wildman–Crippen MR) is 111 cm³/mol. The van der Waals surface area contributed by atoms with Crippen molar-refractivity contribution in [1.29, 1.82) is 0 Å². The van der Waals surface area contributed by atoms with Crippen LogP contribution in [0.5, 0.6) is 0 Å². The molecule has 0 radical (unpaired) electrons. The van der Waals surface area contributed by atoms with Crippen LogP contribution in [0.15, 0.2) is 0 Å². The second kappa shape index (κ2) is 9.81. The average molecular weight is 469 g/mol. The zero-order valence-electron chi connectivity index (χ0n) is 19.0. The number of nitrogens with one attached hydrogen (secondary N) is 2. The van der Waals surface area contributed by atoms with Gasteiger partial charge in [-0.2, -0.15) is 5.06 Å². The maximum atomic E-state index is 12.7. The van der Waals surface area contributed by atoms with Crippen LogP contribution in [0.25, 0.3) is 0 Å². The lowest BCUT2D eigenvalue weighted by Crippen LogP contribution is -2.56. The number of carbonyl (C=O) groups excluding carboxylic acids is 4. The number of carboxylic acids is 1. The molecule has 0 spiro atoms. The number of hydrazine groups is 1. The van der Waals surface area contributed by atoms with E-state index < -0.39 is 54.1 Å². The standard InChI is InChI=1S/C20H31N5O8/c1-20(2,3)33-19(31)23-8-4-5-12(9-23)16(28)21-22-17(29)14-7-6-13-10-24(14)18(30)25(13)32-11-15(26)27/h12-14H,4-11H2,1-3H3,(H,21,28)(H,22,29)(H,26,27)/t12?,13-,14?/m0/s1. The Kier molecular flexibility index (Phi) is 7.30. The number of fused-ring (bicyclic) bond motifs is 2. The van der Waals surface area contributed by atoms with E-state index >= 15 is 0 Å². The van der Waals surface area contributed by atoms with Gasteiger partial charge < -0.3 is 19.6 Å². The third-order valence-corrected chi connectivity index (χ3v) is 5.71. The summed E-state index contributed by atoms with van der Waals surface area (Å²) in [7, 11) is 0. The highest BCUT2D eigenvalue weighted by molar-refractivity contribution is 5.90. The minimum Gasteiger partial charge on any atom is -0.479 e. The summed E-state index contributed by atoms with van der Waals surface area (Å²) in [5.74, 6) is -2.68. The monoisotopic (exact) mass is 469 g/mol. The molecule has 33 heavy (non-hydrogen) atoms. The lowest BCUT2D eigenvalue weighted by atomic mass is 9.97. The molecule has 2 unspecified atom stereocenters. The molecule has 0 aromatic carbocycles. The third-order valence-electron chi connectivity index (χ3n) is 5.71. The molecule has 0 aromatic rings. The molecule has 0 aliphatic carbocycles. The molecule has 184 valence electrons. The van der Waals surface area contributed by atoms with Gasteiger partial charge in [-0.25, -0.2) is 14.4 Å². The van der Waals surface area contributed by atoms with E-state index in [2.05, 4.69) is 10.9 Å². The van der Waals surface area contributed by atoms with Crippen molar-refractivity contribution in [2.24, 2.45) is 5.92 Å². The number of carboxylic acid groups (broad SMARTS) is 1. The Balaban J connectivity index is 1.49. The number of urea groups is 1. The molecule has 0 aromatic heterocycles. The molecule has 3 aliphatic rings. The number of nitrogens with zero attached hydrogens (tertiary/aromatic N) is 3. The fourth-order valence-corrected chi connectivity index (χ4v) is 4.19. The maximum absolute atomic E-state index is 12.7. The smallest absolute Gasteiger partial charge is 0.410 e. The van der Waals surface area contributed by atoms with Gasteiger partial charge in [0.1, 0.15) is 11.6 Å². The number of carbonyl (C=O) groups is 5. The molecule has 3 saturated heterocycles. The maximum Gasteiger partial charge on any atom is 0.410 e. The molecule has 3 atom stereocenters. The van der Waals surface area contributed by atoms with Gasteiger partial charge in [0, 0.05) is 19.6 Å². The zero-order chi connectivity index (χ0) is 24.3. The van der Waals surface area contributed by atoms with Gasteiger partial charge in [-0.3, -0.25) is 25.3 Å². The van der Waals surface area contributed by atoms with E-state index in [0.29, 0.717) is 32.2 Å². The molecule has 3 heterocycles. The summed E-state index contributed by atoms with van der Waals surface area (Å²) < 4.78 is 5.36. The molecule has 3 N–H and O–H groups in total. The van der Waals surface area contributed by atoms with Crippen LogP contribution in [0.4, 0.5) is 9.59 Å². The number of ether oxygens (including phenoxy) is 1. The Morgan fingerprint density at radius 2 is 1.76 bits per heavy atom. The number of likely N-dealkylation sites (tertiary alicyclic amines) is 1. The fourth-order valence-electron chi connectivity index (χ4n) is 4.19. The summed E-state index contributed by atoms with van der Waals surface area (Å²) in [6.45, 7) is 5.57. The minimum absolute atomic E-state index is 0.183. The van der Waals surface area contributed by atoms with Gasteiger partial charge >= 0.3 is 18.1 Å². The van der Waals surface area contributed by atoms with Crippen LogP contribution >= 0.6 is 0 Å². The molecular formula is C20H31N5O8. The molecule has 3 aliphatic heterocycles. The summed E-state index contributed by atoms with van der Waals surface area (Å²) in [4.78, 5) is 68.6. The van der Waals surface area contributed by atoms with E-state index in [1.54, 1.807) is 20.8 Å². The Labute approximate surface area is 191 Å². The minimum atomic E-state index is -1.20. The predicted octanol–water partition coefficient (Wildman–Crippen LogP) is 0.0657. The van der Waals surface area contributed by atoms with Crippen LogP contribution in [0, 0.1) is 5.92 Å². The number of aliphatic carboxylic acids is 1. The van der Waals surface area contributed by atoms with Crippen molar-refractivity contribution in [1.82, 2.24) is 25.7 Å². The van der Waals surface area contributed by atoms with Gasteiger partial charge in [-0.15, -0.1) is 0 Å². The first-order valence-electron chi connectivity index (χ1n) is 11.0. The Morgan fingerprint density at radius 1 is 1.06 bits per heavy atom. The quantitative estimate of drug-likeness (QED) is 0.477. The zero-order valence-corrected chi connectivity index (χ0v) is 19.0.